The van der Waals surface area contributed by atoms with Gasteiger partial charge in [0, 0.05) is 37.8 Å². The fourth-order valence-electron chi connectivity index (χ4n) is 2.75. The number of hydrogen-bond acceptors (Lipinski definition) is 2. The maximum atomic E-state index is 14.3. The Morgan fingerprint density at radius 2 is 1.95 bits per heavy atom. The maximum Gasteiger partial charge on any atom is 0.149 e. The number of unbranched alkanes of at least 4 members (excludes halogenated alkanes) is 1. The smallest absolute Gasteiger partial charge is 0.149 e. The summed E-state index contributed by atoms with van der Waals surface area (Å²) < 4.78 is 28.4. The van der Waals surface area contributed by atoms with Gasteiger partial charge in [0.2, 0.25) is 0 Å². The first-order valence-electron chi connectivity index (χ1n) is 7.23. The molecule has 1 aliphatic rings. The van der Waals surface area contributed by atoms with Crippen molar-refractivity contribution >= 4 is 24.0 Å². The van der Waals surface area contributed by atoms with Gasteiger partial charge in [0.05, 0.1) is 5.02 Å². The third-order valence-corrected chi connectivity index (χ3v) is 4.13. The van der Waals surface area contributed by atoms with Gasteiger partial charge in [-0.25, -0.2) is 8.78 Å². The number of halogens is 4. The van der Waals surface area contributed by atoms with E-state index in [9.17, 15) is 8.78 Å². The Hall–Kier alpha value is -0.420. The highest BCUT2D eigenvalue weighted by molar-refractivity contribution is 6.30. The molecule has 0 bridgehead atoms. The molecule has 6 heteroatoms. The van der Waals surface area contributed by atoms with Gasteiger partial charge < -0.3 is 5.32 Å². The van der Waals surface area contributed by atoms with Crippen molar-refractivity contribution in [2.24, 2.45) is 0 Å². The van der Waals surface area contributed by atoms with Gasteiger partial charge >= 0.3 is 0 Å². The average molecular weight is 339 g/mol. The van der Waals surface area contributed by atoms with Crippen molar-refractivity contribution in [1.82, 2.24) is 10.2 Å². The number of piperazine rings is 1. The Labute approximate surface area is 136 Å². The monoisotopic (exact) mass is 338 g/mol. The molecule has 1 N–H and O–H groups in total. The van der Waals surface area contributed by atoms with E-state index in [2.05, 4.69) is 17.1 Å². The zero-order valence-corrected chi connectivity index (χ0v) is 13.7. The van der Waals surface area contributed by atoms with Gasteiger partial charge in [-0.1, -0.05) is 31.4 Å². The van der Waals surface area contributed by atoms with Gasteiger partial charge in [0.15, 0.2) is 0 Å². The molecule has 1 fully saturated rings. The maximum absolute atomic E-state index is 14.3. The van der Waals surface area contributed by atoms with Crippen molar-refractivity contribution in [2.45, 2.75) is 32.2 Å². The van der Waals surface area contributed by atoms with E-state index in [1.54, 1.807) is 0 Å². The zero-order chi connectivity index (χ0) is 14.5. The zero-order valence-electron chi connectivity index (χ0n) is 12.2. The minimum atomic E-state index is -0.605. The molecule has 1 aliphatic heterocycles. The highest BCUT2D eigenvalue weighted by Crippen LogP contribution is 2.33. The predicted octanol–water partition coefficient (Wildman–Crippen LogP) is 4.18. The lowest BCUT2D eigenvalue weighted by atomic mass is 9.97. The Morgan fingerprint density at radius 1 is 1.29 bits per heavy atom. The molecule has 21 heavy (non-hydrogen) atoms. The first-order chi connectivity index (χ1) is 9.65. The van der Waals surface area contributed by atoms with Crippen molar-refractivity contribution in [2.75, 3.05) is 26.2 Å². The summed E-state index contributed by atoms with van der Waals surface area (Å²) in [4.78, 5) is 2.16. The Kier molecular flexibility index (Phi) is 7.88. The standard InChI is InChI=1S/C15H21ClF2N2.ClH/c1-2-3-4-13(20-9-7-19-8-10-20)14-12(17)6-5-11(16)15(14)18;/h5-6,13,19H,2-4,7-10H2,1H3;1H/t13-;/m0./s1. The largest absolute Gasteiger partial charge is 0.314 e. The van der Waals surface area contributed by atoms with Gasteiger partial charge in [0.25, 0.3) is 0 Å². The SMILES string of the molecule is CCCC[C@@H](c1c(F)ccc(Cl)c1F)N1CCNCC1.Cl. The van der Waals surface area contributed by atoms with E-state index in [-0.39, 0.29) is 29.0 Å². The van der Waals surface area contributed by atoms with Crippen LogP contribution in [0.5, 0.6) is 0 Å². The molecule has 0 radical (unpaired) electrons. The van der Waals surface area contributed by atoms with Crippen LogP contribution in [0.2, 0.25) is 5.02 Å². The molecular formula is C15H22Cl2F2N2. The molecule has 2 rings (SSSR count). The van der Waals surface area contributed by atoms with Crippen LogP contribution in [0.25, 0.3) is 0 Å². The van der Waals surface area contributed by atoms with Crippen LogP contribution in [0, 0.1) is 11.6 Å². The number of hydrogen-bond donors (Lipinski definition) is 1. The molecule has 1 aromatic rings. The van der Waals surface area contributed by atoms with E-state index in [1.165, 1.54) is 12.1 Å². The molecule has 120 valence electrons. The molecule has 1 atom stereocenters. The van der Waals surface area contributed by atoms with Crippen molar-refractivity contribution in [1.29, 1.82) is 0 Å². The molecule has 0 unspecified atom stereocenters. The topological polar surface area (TPSA) is 15.3 Å². The number of nitrogens with one attached hydrogen (secondary N) is 1. The van der Waals surface area contributed by atoms with Crippen LogP contribution in [0.4, 0.5) is 8.78 Å². The summed E-state index contributed by atoms with van der Waals surface area (Å²) in [5.74, 6) is -1.10. The fraction of sp³-hybridized carbons (Fsp3) is 0.600. The van der Waals surface area contributed by atoms with Crippen LogP contribution in [-0.4, -0.2) is 31.1 Å². The quantitative estimate of drug-likeness (QED) is 0.810. The average Bonchev–Trinajstić information content (AvgIpc) is 2.47. The summed E-state index contributed by atoms with van der Waals surface area (Å²) >= 11 is 5.83. The highest BCUT2D eigenvalue weighted by atomic mass is 35.5. The molecule has 1 aromatic carbocycles. The van der Waals surface area contributed by atoms with E-state index < -0.39 is 11.6 Å². The molecule has 0 aromatic heterocycles. The van der Waals surface area contributed by atoms with Crippen LogP contribution < -0.4 is 5.32 Å². The van der Waals surface area contributed by atoms with Gasteiger partial charge in [-0.2, -0.15) is 0 Å². The third kappa shape index (κ3) is 4.52. The van der Waals surface area contributed by atoms with Crippen molar-refractivity contribution in [3.05, 3.63) is 34.4 Å². The van der Waals surface area contributed by atoms with Crippen LogP contribution in [0.1, 0.15) is 37.8 Å². The Morgan fingerprint density at radius 3 is 2.57 bits per heavy atom. The van der Waals surface area contributed by atoms with Gasteiger partial charge in [-0.05, 0) is 18.6 Å². The van der Waals surface area contributed by atoms with E-state index in [0.717, 1.165) is 45.4 Å². The molecule has 0 aliphatic carbocycles. The molecule has 0 spiro atoms. The summed E-state index contributed by atoms with van der Waals surface area (Å²) in [5.41, 5.74) is 0.132. The summed E-state index contributed by atoms with van der Waals surface area (Å²) in [6.45, 7) is 5.40. The second-order valence-electron chi connectivity index (χ2n) is 5.20. The first-order valence-corrected chi connectivity index (χ1v) is 7.61. The second kappa shape index (κ2) is 8.89. The summed E-state index contributed by atoms with van der Waals surface area (Å²) in [7, 11) is 0. The second-order valence-corrected chi connectivity index (χ2v) is 5.61. The van der Waals surface area contributed by atoms with E-state index in [4.69, 9.17) is 11.6 Å². The molecule has 1 saturated heterocycles. The van der Waals surface area contributed by atoms with Crippen LogP contribution in [-0.2, 0) is 0 Å². The Bertz CT molecular complexity index is 452. The van der Waals surface area contributed by atoms with Crippen molar-refractivity contribution in [3.8, 4) is 0 Å². The van der Waals surface area contributed by atoms with Gasteiger partial charge in [-0.15, -0.1) is 12.4 Å². The minimum absolute atomic E-state index is 0. The molecular weight excluding hydrogens is 317 g/mol. The van der Waals surface area contributed by atoms with Crippen LogP contribution >= 0.6 is 24.0 Å². The van der Waals surface area contributed by atoms with E-state index in [1.807, 2.05) is 0 Å². The molecule has 0 saturated carbocycles. The third-order valence-electron chi connectivity index (χ3n) is 3.84. The van der Waals surface area contributed by atoms with Gasteiger partial charge in [-0.3, -0.25) is 4.90 Å². The number of nitrogens with zero attached hydrogens (tertiary/aromatic N) is 1. The fourth-order valence-corrected chi connectivity index (χ4v) is 2.91. The summed E-state index contributed by atoms with van der Waals surface area (Å²) in [5, 5.41) is 3.26. The lowest BCUT2D eigenvalue weighted by molar-refractivity contribution is 0.156. The van der Waals surface area contributed by atoms with Crippen LogP contribution in [0.3, 0.4) is 0 Å². The van der Waals surface area contributed by atoms with Crippen molar-refractivity contribution < 1.29 is 8.78 Å². The first kappa shape index (κ1) is 18.6. The van der Waals surface area contributed by atoms with Gasteiger partial charge in [0.1, 0.15) is 11.6 Å². The lowest BCUT2D eigenvalue weighted by Crippen LogP contribution is -2.45. The molecule has 2 nitrogen and oxygen atoms in total. The molecule has 1 heterocycles. The number of rotatable bonds is 5. The number of benzene rings is 1. The summed E-state index contributed by atoms with van der Waals surface area (Å²) in [6.07, 6.45) is 2.71. The van der Waals surface area contributed by atoms with Crippen molar-refractivity contribution in [3.63, 3.8) is 0 Å². The van der Waals surface area contributed by atoms with E-state index in [0.29, 0.717) is 0 Å². The van der Waals surface area contributed by atoms with E-state index >= 15 is 0 Å². The highest BCUT2D eigenvalue weighted by Gasteiger charge is 2.28. The predicted molar refractivity (Wildman–Crippen MR) is 85.3 cm³/mol. The minimum Gasteiger partial charge on any atom is -0.314 e. The Balaban J connectivity index is 0.00000220. The lowest BCUT2D eigenvalue weighted by Gasteiger charge is -2.35. The normalized spacial score (nSPS) is 17.3. The molecule has 0 amide bonds. The van der Waals surface area contributed by atoms with Crippen LogP contribution in [0.15, 0.2) is 12.1 Å². The summed E-state index contributed by atoms with van der Waals surface area (Å²) in [6, 6.07) is 2.32.